The number of piperidine rings is 1. The predicted molar refractivity (Wildman–Crippen MR) is 93.6 cm³/mol. The van der Waals surface area contributed by atoms with Crippen LogP contribution in [0, 0.1) is 5.92 Å². The smallest absolute Gasteiger partial charge is 0.342 e. The number of nitrogens with one attached hydrogen (secondary N) is 2. The van der Waals surface area contributed by atoms with Gasteiger partial charge in [-0.15, -0.1) is 0 Å². The third-order valence-electron chi connectivity index (χ3n) is 5.48. The Kier molecular flexibility index (Phi) is 5.07. The highest BCUT2D eigenvalue weighted by molar-refractivity contribution is 5.76. The van der Waals surface area contributed by atoms with Gasteiger partial charge in [0.1, 0.15) is 12.7 Å². The van der Waals surface area contributed by atoms with Crippen LogP contribution in [0.25, 0.3) is 0 Å². The van der Waals surface area contributed by atoms with E-state index < -0.39 is 11.7 Å². The lowest BCUT2D eigenvalue weighted by molar-refractivity contribution is -0.137. The monoisotopic (exact) mass is 394 g/mol. The molecule has 2 N–H and O–H groups in total. The minimum atomic E-state index is -4.35. The lowest BCUT2D eigenvalue weighted by atomic mass is 9.85. The summed E-state index contributed by atoms with van der Waals surface area (Å²) in [4.78, 5) is 18.3. The maximum absolute atomic E-state index is 12.8. The summed E-state index contributed by atoms with van der Waals surface area (Å²) in [5.74, 6) is 0.146. The van der Waals surface area contributed by atoms with E-state index in [1.54, 1.807) is 11.0 Å². The van der Waals surface area contributed by atoms with Crippen molar-refractivity contribution in [3.63, 3.8) is 0 Å². The van der Waals surface area contributed by atoms with E-state index in [1.165, 1.54) is 18.5 Å². The van der Waals surface area contributed by atoms with Gasteiger partial charge in [-0.2, -0.15) is 18.3 Å². The van der Waals surface area contributed by atoms with Crippen LogP contribution < -0.4 is 10.9 Å². The number of carbonyl (C=O) groups is 1. The molecule has 3 unspecified atom stereocenters. The molecular weight excluding hydrogens is 373 g/mol. The van der Waals surface area contributed by atoms with Gasteiger partial charge in [-0.25, -0.2) is 10.4 Å². The van der Waals surface area contributed by atoms with Crippen LogP contribution in [0.5, 0.6) is 0 Å². The molecule has 4 rings (SSSR count). The van der Waals surface area contributed by atoms with Crippen molar-refractivity contribution >= 4 is 5.91 Å². The van der Waals surface area contributed by atoms with Crippen molar-refractivity contribution in [2.45, 2.75) is 37.6 Å². The number of rotatable bonds is 4. The third kappa shape index (κ3) is 3.88. The van der Waals surface area contributed by atoms with E-state index >= 15 is 0 Å². The summed E-state index contributed by atoms with van der Waals surface area (Å²) in [6.07, 6.45) is -0.206. The van der Waals surface area contributed by atoms with E-state index in [0.717, 1.165) is 24.1 Å². The molecule has 0 aliphatic carbocycles. The molecule has 0 saturated carbocycles. The van der Waals surface area contributed by atoms with Crippen molar-refractivity contribution in [2.75, 3.05) is 13.1 Å². The average molecular weight is 394 g/mol. The van der Waals surface area contributed by atoms with E-state index in [-0.39, 0.29) is 23.9 Å². The van der Waals surface area contributed by atoms with Crippen molar-refractivity contribution in [3.05, 3.63) is 48.0 Å². The fraction of sp³-hybridized carbons (Fsp3) is 0.500. The number of hydrogen-bond acceptors (Lipinski definition) is 5. The van der Waals surface area contributed by atoms with Crippen LogP contribution in [0.15, 0.2) is 36.9 Å². The first-order valence-electron chi connectivity index (χ1n) is 9.20. The van der Waals surface area contributed by atoms with Gasteiger partial charge < -0.3 is 4.90 Å². The number of fused-ring (bicyclic) bond motifs is 1. The fourth-order valence-corrected chi connectivity index (χ4v) is 3.96. The first-order valence-corrected chi connectivity index (χ1v) is 9.20. The number of aryl methyl sites for hydroxylation is 1. The normalized spacial score (nSPS) is 25.0. The molecule has 0 radical (unpaired) electrons. The van der Waals surface area contributed by atoms with Crippen molar-refractivity contribution in [1.82, 2.24) is 30.5 Å². The number of halogens is 3. The second-order valence-electron chi connectivity index (χ2n) is 7.19. The Labute approximate surface area is 159 Å². The lowest BCUT2D eigenvalue weighted by Gasteiger charge is -2.36. The minimum Gasteiger partial charge on any atom is -0.342 e. The number of aromatic nitrogens is 3. The van der Waals surface area contributed by atoms with Gasteiger partial charge in [0.15, 0.2) is 0 Å². The summed E-state index contributed by atoms with van der Waals surface area (Å²) < 4.78 is 40.0. The molecule has 2 saturated heterocycles. The summed E-state index contributed by atoms with van der Waals surface area (Å²) in [6.45, 7) is 1.70. The molecular formula is C18H21F3N6O. The Bertz CT molecular complexity index is 808. The maximum Gasteiger partial charge on any atom is 0.416 e. The number of hydrogen-bond donors (Lipinski definition) is 2. The first kappa shape index (κ1) is 18.9. The third-order valence-corrected chi connectivity index (χ3v) is 5.48. The minimum absolute atomic E-state index is 0.0482. The first-order chi connectivity index (χ1) is 13.4. The van der Waals surface area contributed by atoms with Gasteiger partial charge in [-0.3, -0.25) is 14.9 Å². The molecule has 1 amide bonds. The van der Waals surface area contributed by atoms with E-state index in [9.17, 15) is 18.0 Å². The number of nitrogens with zero attached hydrogens (tertiary/aromatic N) is 4. The van der Waals surface area contributed by atoms with E-state index in [1.807, 2.05) is 4.90 Å². The Hall–Kier alpha value is -2.46. The average Bonchev–Trinajstić information content (AvgIpc) is 3.34. The molecule has 2 fully saturated rings. The molecule has 0 bridgehead atoms. The number of hydrazine groups is 1. The molecule has 10 heteroatoms. The van der Waals surface area contributed by atoms with Gasteiger partial charge in [0.05, 0.1) is 18.2 Å². The number of amides is 1. The van der Waals surface area contributed by atoms with Crippen LogP contribution in [-0.2, 0) is 17.5 Å². The van der Waals surface area contributed by atoms with Crippen LogP contribution in [0.4, 0.5) is 13.2 Å². The Morgan fingerprint density at radius 3 is 2.68 bits per heavy atom. The Morgan fingerprint density at radius 2 is 2.00 bits per heavy atom. The van der Waals surface area contributed by atoms with Crippen LogP contribution in [0.3, 0.4) is 0 Å². The second-order valence-corrected chi connectivity index (χ2v) is 7.19. The van der Waals surface area contributed by atoms with E-state index in [0.29, 0.717) is 26.1 Å². The van der Waals surface area contributed by atoms with Crippen molar-refractivity contribution in [2.24, 2.45) is 5.92 Å². The standard InChI is InChI=1S/C18H21F3N6O/c19-18(20,21)13-3-1-12(2-4-13)17-14-9-26(7-5-15(14)24-25-17)16(28)6-8-27-11-22-10-23-27/h1-4,10-11,14-15,17,24-25H,5-9H2. The van der Waals surface area contributed by atoms with Gasteiger partial charge in [-0.05, 0) is 24.1 Å². The zero-order valence-corrected chi connectivity index (χ0v) is 15.1. The highest BCUT2D eigenvalue weighted by Crippen LogP contribution is 2.35. The van der Waals surface area contributed by atoms with Crippen LogP contribution in [-0.4, -0.2) is 44.7 Å². The fourth-order valence-electron chi connectivity index (χ4n) is 3.96. The van der Waals surface area contributed by atoms with Gasteiger partial charge in [0.2, 0.25) is 5.91 Å². The molecule has 150 valence electrons. The SMILES string of the molecule is O=C(CCn1cncn1)N1CCC2NNC(c3ccc(C(F)(F)F)cc3)C2C1. The van der Waals surface area contributed by atoms with Gasteiger partial charge in [0, 0.05) is 31.5 Å². The predicted octanol–water partition coefficient (Wildman–Crippen LogP) is 1.75. The molecule has 3 heterocycles. The Morgan fingerprint density at radius 1 is 1.21 bits per heavy atom. The molecule has 2 aliphatic heterocycles. The summed E-state index contributed by atoms with van der Waals surface area (Å²) >= 11 is 0. The highest BCUT2D eigenvalue weighted by atomic mass is 19.4. The summed E-state index contributed by atoms with van der Waals surface area (Å²) in [5, 5.41) is 4.00. The summed E-state index contributed by atoms with van der Waals surface area (Å²) in [5.41, 5.74) is 6.55. The molecule has 7 nitrogen and oxygen atoms in total. The molecule has 2 aromatic rings. The van der Waals surface area contributed by atoms with Crippen molar-refractivity contribution in [3.8, 4) is 0 Å². The maximum atomic E-state index is 12.8. The molecule has 2 aliphatic rings. The summed E-state index contributed by atoms with van der Waals surface area (Å²) in [6, 6.07) is 5.28. The highest BCUT2D eigenvalue weighted by Gasteiger charge is 2.41. The van der Waals surface area contributed by atoms with Gasteiger partial charge in [0.25, 0.3) is 0 Å². The van der Waals surface area contributed by atoms with Crippen LogP contribution >= 0.6 is 0 Å². The van der Waals surface area contributed by atoms with Gasteiger partial charge in [-0.1, -0.05) is 12.1 Å². The zero-order chi connectivity index (χ0) is 19.7. The quantitative estimate of drug-likeness (QED) is 0.827. The number of likely N-dealkylation sites (tertiary alicyclic amines) is 1. The topological polar surface area (TPSA) is 75.1 Å². The molecule has 1 aromatic heterocycles. The number of carbonyl (C=O) groups excluding carboxylic acids is 1. The molecule has 28 heavy (non-hydrogen) atoms. The van der Waals surface area contributed by atoms with Crippen molar-refractivity contribution < 1.29 is 18.0 Å². The zero-order valence-electron chi connectivity index (χ0n) is 15.1. The van der Waals surface area contributed by atoms with E-state index in [2.05, 4.69) is 20.9 Å². The van der Waals surface area contributed by atoms with Crippen LogP contribution in [0.1, 0.15) is 30.0 Å². The molecule has 3 atom stereocenters. The van der Waals surface area contributed by atoms with Crippen molar-refractivity contribution in [1.29, 1.82) is 0 Å². The largest absolute Gasteiger partial charge is 0.416 e. The second kappa shape index (κ2) is 7.51. The molecule has 1 aromatic carbocycles. The van der Waals surface area contributed by atoms with Gasteiger partial charge >= 0.3 is 6.18 Å². The van der Waals surface area contributed by atoms with E-state index in [4.69, 9.17) is 0 Å². The summed E-state index contributed by atoms with van der Waals surface area (Å²) in [7, 11) is 0. The molecule has 0 spiro atoms. The van der Waals surface area contributed by atoms with Crippen LogP contribution in [0.2, 0.25) is 0 Å². The number of alkyl halides is 3. The Balaban J connectivity index is 1.41. The lowest BCUT2D eigenvalue weighted by Crippen LogP contribution is -2.48. The number of benzene rings is 1.